The zero-order chi connectivity index (χ0) is 23.1. The van der Waals surface area contributed by atoms with Crippen molar-refractivity contribution in [2.24, 2.45) is 10.8 Å². The van der Waals surface area contributed by atoms with E-state index in [-0.39, 0.29) is 12.1 Å². The summed E-state index contributed by atoms with van der Waals surface area (Å²) in [6.45, 7) is 8.54. The van der Waals surface area contributed by atoms with Crippen molar-refractivity contribution in [2.45, 2.75) is 66.0 Å². The summed E-state index contributed by atoms with van der Waals surface area (Å²) in [7, 11) is 0. The van der Waals surface area contributed by atoms with E-state index in [1.54, 1.807) is 34.6 Å². The smallest absolute Gasteiger partial charge is 0.166 e. The molecule has 0 bridgehead atoms. The molecule has 0 aliphatic rings. The standard InChI is InChI=1S/C19H21F9N/c1-6-16(7-2,15(3,4)5)10-29-14-12(18(23,24)25)8-11(17(20,21)22)9-13(14)19(26,27)28/h8-9H,6-7H2,1-5H3/q+1. The lowest BCUT2D eigenvalue weighted by atomic mass is 9.64. The lowest BCUT2D eigenvalue weighted by Crippen LogP contribution is -2.33. The maximum Gasteiger partial charge on any atom is 0.424 e. The van der Waals surface area contributed by atoms with Gasteiger partial charge in [-0.3, -0.25) is 0 Å². The summed E-state index contributed by atoms with van der Waals surface area (Å²) >= 11 is 0. The van der Waals surface area contributed by atoms with E-state index in [9.17, 15) is 39.5 Å². The van der Waals surface area contributed by atoms with Crippen molar-refractivity contribution in [3.8, 4) is 6.07 Å². The molecule has 0 amide bonds. The van der Waals surface area contributed by atoms with Crippen LogP contribution < -0.4 is 0 Å². The van der Waals surface area contributed by atoms with Gasteiger partial charge in [0.2, 0.25) is 0 Å². The van der Waals surface area contributed by atoms with Crippen LogP contribution in [0.3, 0.4) is 0 Å². The van der Waals surface area contributed by atoms with E-state index in [1.807, 2.05) is 0 Å². The van der Waals surface area contributed by atoms with Crippen LogP contribution in [0.5, 0.6) is 0 Å². The zero-order valence-corrected chi connectivity index (χ0v) is 16.4. The Labute approximate surface area is 162 Å². The minimum atomic E-state index is -5.48. The molecule has 1 rings (SSSR count). The highest BCUT2D eigenvalue weighted by Crippen LogP contribution is 2.49. The average Bonchev–Trinajstić information content (AvgIpc) is 2.51. The van der Waals surface area contributed by atoms with Crippen LogP contribution in [-0.4, -0.2) is 0 Å². The van der Waals surface area contributed by atoms with Gasteiger partial charge in [-0.15, -0.1) is 0 Å². The van der Waals surface area contributed by atoms with E-state index in [4.69, 9.17) is 0 Å². The van der Waals surface area contributed by atoms with Gasteiger partial charge in [0.15, 0.2) is 0 Å². The number of halogens is 9. The molecule has 1 aromatic rings. The van der Waals surface area contributed by atoms with Crippen LogP contribution in [0.15, 0.2) is 12.1 Å². The fourth-order valence-corrected chi connectivity index (χ4v) is 3.15. The first-order chi connectivity index (χ1) is 12.8. The molecule has 0 saturated carbocycles. The second-order valence-corrected chi connectivity index (χ2v) is 7.68. The lowest BCUT2D eigenvalue weighted by molar-refractivity contribution is -0.147. The summed E-state index contributed by atoms with van der Waals surface area (Å²) in [5, 5.41) is 0. The van der Waals surface area contributed by atoms with E-state index >= 15 is 0 Å². The van der Waals surface area contributed by atoms with Gasteiger partial charge in [0.25, 0.3) is 6.07 Å². The molecule has 0 atom stereocenters. The molecule has 0 unspecified atom stereocenters. The van der Waals surface area contributed by atoms with Crippen LogP contribution in [0, 0.1) is 16.9 Å². The molecule has 1 aromatic carbocycles. The van der Waals surface area contributed by atoms with Crippen LogP contribution in [0.25, 0.3) is 4.85 Å². The van der Waals surface area contributed by atoms with Gasteiger partial charge in [0.05, 0.1) is 5.56 Å². The number of hydrogen-bond donors (Lipinski definition) is 0. The Kier molecular flexibility index (Phi) is 6.69. The highest BCUT2D eigenvalue weighted by molar-refractivity contribution is 5.64. The van der Waals surface area contributed by atoms with Gasteiger partial charge in [-0.05, 0) is 35.2 Å². The molecule has 0 N–H and O–H groups in total. The second-order valence-electron chi connectivity index (χ2n) is 7.68. The third-order valence-corrected chi connectivity index (χ3v) is 5.07. The van der Waals surface area contributed by atoms with Crippen LogP contribution in [0.1, 0.15) is 64.2 Å². The first kappa shape index (κ1) is 25.1. The maximum atomic E-state index is 13.4. The third-order valence-electron chi connectivity index (χ3n) is 5.07. The molecule has 0 fully saturated rings. The monoisotopic (exact) mass is 434 g/mol. The van der Waals surface area contributed by atoms with E-state index in [0.29, 0.717) is 12.8 Å². The number of benzene rings is 1. The van der Waals surface area contributed by atoms with Crippen LogP contribution in [0.4, 0.5) is 45.2 Å². The molecule has 0 aromatic heterocycles. The normalized spacial score (nSPS) is 13.9. The third kappa shape index (κ3) is 5.37. The van der Waals surface area contributed by atoms with Gasteiger partial charge < -0.3 is 0 Å². The first-order valence-corrected chi connectivity index (χ1v) is 8.67. The molecule has 29 heavy (non-hydrogen) atoms. The minimum absolute atomic E-state index is 0.305. The van der Waals surface area contributed by atoms with Crippen LogP contribution >= 0.6 is 0 Å². The molecular weight excluding hydrogens is 413 g/mol. The Morgan fingerprint density at radius 2 is 1.10 bits per heavy atom. The maximum absolute atomic E-state index is 13.4. The number of rotatable bonds is 2. The Hall–Kier alpha value is -1.92. The average molecular weight is 434 g/mol. The Balaban J connectivity index is 4.01. The molecule has 0 aliphatic carbocycles. The fraction of sp³-hybridized carbons (Fsp3) is 0.632. The highest BCUT2D eigenvalue weighted by atomic mass is 19.4. The minimum Gasteiger partial charge on any atom is -0.166 e. The van der Waals surface area contributed by atoms with Crippen molar-refractivity contribution in [3.63, 3.8) is 0 Å². The SMILES string of the molecule is CCC(C#[N+]c1c(C(F)(F)F)cc(C(F)(F)F)cc1C(F)(F)F)(CC)C(C)(C)C. The van der Waals surface area contributed by atoms with Crippen molar-refractivity contribution >= 4 is 5.69 Å². The van der Waals surface area contributed by atoms with Gasteiger partial charge >= 0.3 is 24.2 Å². The Bertz CT molecular complexity index is 758. The van der Waals surface area contributed by atoms with E-state index in [0.717, 1.165) is 0 Å². The number of hydrogen-bond acceptors (Lipinski definition) is 0. The molecule has 10 heteroatoms. The van der Waals surface area contributed by atoms with Crippen LogP contribution in [0.2, 0.25) is 0 Å². The van der Waals surface area contributed by atoms with E-state index in [2.05, 4.69) is 10.9 Å². The van der Waals surface area contributed by atoms with E-state index < -0.39 is 51.7 Å². The van der Waals surface area contributed by atoms with Crippen molar-refractivity contribution in [1.82, 2.24) is 0 Å². The zero-order valence-electron chi connectivity index (χ0n) is 16.4. The van der Waals surface area contributed by atoms with Crippen molar-refractivity contribution in [3.05, 3.63) is 33.7 Å². The highest BCUT2D eigenvalue weighted by Gasteiger charge is 2.50. The molecular formula is C19H21F9N+. The fourth-order valence-electron chi connectivity index (χ4n) is 3.15. The van der Waals surface area contributed by atoms with Crippen molar-refractivity contribution in [2.75, 3.05) is 0 Å². The summed E-state index contributed by atoms with van der Waals surface area (Å²) in [5.74, 6) is 0. The van der Waals surface area contributed by atoms with Gasteiger partial charge in [-0.1, -0.05) is 34.6 Å². The summed E-state index contributed by atoms with van der Waals surface area (Å²) in [6.07, 6.45) is -15.7. The predicted octanol–water partition coefficient (Wildman–Crippen LogP) is 8.56. The number of alkyl halides is 9. The van der Waals surface area contributed by atoms with Crippen molar-refractivity contribution in [1.29, 1.82) is 0 Å². The Morgan fingerprint density at radius 1 is 0.724 bits per heavy atom. The second kappa shape index (κ2) is 7.73. The summed E-state index contributed by atoms with van der Waals surface area (Å²) in [6, 6.07) is 1.71. The molecule has 0 aliphatic heterocycles. The molecule has 164 valence electrons. The Morgan fingerprint density at radius 3 is 1.34 bits per heavy atom. The predicted molar refractivity (Wildman–Crippen MR) is 90.8 cm³/mol. The lowest BCUT2D eigenvalue weighted by Gasteiger charge is -2.35. The van der Waals surface area contributed by atoms with Crippen molar-refractivity contribution < 1.29 is 39.5 Å². The quantitative estimate of drug-likeness (QED) is 0.411. The van der Waals surface area contributed by atoms with Gasteiger partial charge in [-0.25, -0.2) is 0 Å². The molecule has 0 radical (unpaired) electrons. The summed E-state index contributed by atoms with van der Waals surface area (Å²) in [5.41, 5.74) is -9.49. The van der Waals surface area contributed by atoms with Crippen LogP contribution in [-0.2, 0) is 18.5 Å². The van der Waals surface area contributed by atoms with Gasteiger partial charge in [0.1, 0.15) is 16.5 Å². The first-order valence-electron chi connectivity index (χ1n) is 8.67. The van der Waals surface area contributed by atoms with Gasteiger partial charge in [-0.2, -0.15) is 39.5 Å². The van der Waals surface area contributed by atoms with E-state index in [1.165, 1.54) is 0 Å². The largest absolute Gasteiger partial charge is 0.424 e. The summed E-state index contributed by atoms with van der Waals surface area (Å²) < 4.78 is 119. The molecule has 0 heterocycles. The van der Waals surface area contributed by atoms with Gasteiger partial charge in [0, 0.05) is 0 Å². The summed E-state index contributed by atoms with van der Waals surface area (Å²) in [4.78, 5) is 3.39. The molecule has 0 saturated heterocycles. The number of nitrogens with zero attached hydrogens (tertiary/aromatic N) is 1. The topological polar surface area (TPSA) is 4.36 Å². The molecule has 0 spiro atoms. The molecule has 1 nitrogen and oxygen atoms in total.